The van der Waals surface area contributed by atoms with Crippen molar-refractivity contribution in [2.24, 2.45) is 10.4 Å². The fourth-order valence-corrected chi connectivity index (χ4v) is 3.17. The van der Waals surface area contributed by atoms with Gasteiger partial charge in [0.05, 0.1) is 6.61 Å². The number of nitrogens with zero attached hydrogens (tertiary/aromatic N) is 2. The van der Waals surface area contributed by atoms with Crippen LogP contribution in [0.5, 0.6) is 0 Å². The van der Waals surface area contributed by atoms with Gasteiger partial charge in [-0.3, -0.25) is 4.99 Å². The van der Waals surface area contributed by atoms with Crippen molar-refractivity contribution in [3.8, 4) is 0 Å². The summed E-state index contributed by atoms with van der Waals surface area (Å²) in [7, 11) is 7.46. The Morgan fingerprint density at radius 1 is 1.08 bits per heavy atom. The molecule has 1 aliphatic carbocycles. The van der Waals surface area contributed by atoms with Gasteiger partial charge in [-0.05, 0) is 31.7 Å². The van der Waals surface area contributed by atoms with Gasteiger partial charge in [0.2, 0.25) is 0 Å². The number of nitrogens with one attached hydrogen (secondary N) is 2. The molecule has 0 aromatic rings. The van der Waals surface area contributed by atoms with Crippen LogP contribution in [0.3, 0.4) is 0 Å². The monoisotopic (exact) mass is 456 g/mol. The van der Waals surface area contributed by atoms with Gasteiger partial charge in [-0.25, -0.2) is 0 Å². The lowest BCUT2D eigenvalue weighted by Gasteiger charge is -2.30. The van der Waals surface area contributed by atoms with Crippen LogP contribution in [0.1, 0.15) is 32.1 Å². The van der Waals surface area contributed by atoms with E-state index in [2.05, 4.69) is 27.6 Å². The van der Waals surface area contributed by atoms with E-state index in [0.29, 0.717) is 5.41 Å². The van der Waals surface area contributed by atoms with Crippen molar-refractivity contribution >= 4 is 29.9 Å². The number of methoxy groups -OCH3 is 2. The highest BCUT2D eigenvalue weighted by atomic mass is 127. The largest absolute Gasteiger partial charge is 0.385 e. The first kappa shape index (κ1) is 23.9. The smallest absolute Gasteiger partial charge is 0.191 e. The summed E-state index contributed by atoms with van der Waals surface area (Å²) in [5.74, 6) is 0.897. The lowest BCUT2D eigenvalue weighted by Crippen LogP contribution is -2.45. The zero-order valence-electron chi connectivity index (χ0n) is 15.9. The SMILES string of the molecule is CN=C(NCCN(C)CCOC)NCC1(CCOC)CCCC1.I. The quantitative estimate of drug-likeness (QED) is 0.283. The molecule has 0 amide bonds. The molecule has 0 atom stereocenters. The Balaban J connectivity index is 0.00000529. The predicted octanol–water partition coefficient (Wildman–Crippen LogP) is 1.94. The minimum Gasteiger partial charge on any atom is -0.385 e. The van der Waals surface area contributed by atoms with Gasteiger partial charge in [0.15, 0.2) is 5.96 Å². The summed E-state index contributed by atoms with van der Waals surface area (Å²) in [5.41, 5.74) is 0.378. The summed E-state index contributed by atoms with van der Waals surface area (Å²) in [6.45, 7) is 5.40. The Kier molecular flexibility index (Phi) is 14.0. The van der Waals surface area contributed by atoms with E-state index in [1.54, 1.807) is 14.2 Å². The number of guanidine groups is 1. The fraction of sp³-hybridized carbons (Fsp3) is 0.941. The van der Waals surface area contributed by atoms with Gasteiger partial charge in [0, 0.05) is 54.1 Å². The maximum absolute atomic E-state index is 5.30. The van der Waals surface area contributed by atoms with Crippen molar-refractivity contribution in [2.45, 2.75) is 32.1 Å². The molecular weight excluding hydrogens is 419 g/mol. The molecule has 1 fully saturated rings. The molecule has 24 heavy (non-hydrogen) atoms. The van der Waals surface area contributed by atoms with Crippen LogP contribution in [0, 0.1) is 5.41 Å². The molecule has 1 aliphatic rings. The summed E-state index contributed by atoms with van der Waals surface area (Å²) in [6, 6.07) is 0. The Bertz CT molecular complexity index is 337. The number of likely N-dealkylation sites (N-methyl/N-ethyl adjacent to an activating group) is 1. The first-order valence-corrected chi connectivity index (χ1v) is 8.77. The molecule has 0 unspecified atom stereocenters. The first-order chi connectivity index (χ1) is 11.2. The number of ether oxygens (including phenoxy) is 2. The van der Waals surface area contributed by atoms with Gasteiger partial charge in [-0.15, -0.1) is 24.0 Å². The minimum atomic E-state index is 0. The van der Waals surface area contributed by atoms with Crippen LogP contribution in [-0.2, 0) is 9.47 Å². The van der Waals surface area contributed by atoms with Gasteiger partial charge in [0.1, 0.15) is 0 Å². The van der Waals surface area contributed by atoms with Crippen LogP contribution < -0.4 is 10.6 Å². The number of rotatable bonds is 11. The average molecular weight is 456 g/mol. The van der Waals surface area contributed by atoms with Crippen LogP contribution in [-0.4, -0.2) is 78.6 Å². The van der Waals surface area contributed by atoms with E-state index >= 15 is 0 Å². The molecule has 0 aromatic carbocycles. The molecule has 1 saturated carbocycles. The van der Waals surface area contributed by atoms with Crippen molar-refractivity contribution in [3.05, 3.63) is 0 Å². The first-order valence-electron chi connectivity index (χ1n) is 8.77. The summed E-state index contributed by atoms with van der Waals surface area (Å²) in [4.78, 5) is 6.59. The van der Waals surface area contributed by atoms with E-state index in [1.807, 2.05) is 7.05 Å². The lowest BCUT2D eigenvalue weighted by molar-refractivity contribution is 0.138. The molecule has 0 heterocycles. The third-order valence-electron chi connectivity index (χ3n) is 4.82. The van der Waals surface area contributed by atoms with Crippen LogP contribution >= 0.6 is 24.0 Å². The second kappa shape index (κ2) is 14.1. The van der Waals surface area contributed by atoms with E-state index in [4.69, 9.17) is 9.47 Å². The van der Waals surface area contributed by atoms with Crippen molar-refractivity contribution < 1.29 is 9.47 Å². The van der Waals surface area contributed by atoms with Gasteiger partial charge < -0.3 is 25.0 Å². The molecule has 2 N–H and O–H groups in total. The van der Waals surface area contributed by atoms with Gasteiger partial charge in [0.25, 0.3) is 0 Å². The predicted molar refractivity (Wildman–Crippen MR) is 112 cm³/mol. The van der Waals surface area contributed by atoms with Crippen LogP contribution in [0.4, 0.5) is 0 Å². The number of halogens is 1. The molecule has 144 valence electrons. The zero-order chi connectivity index (χ0) is 17.0. The van der Waals surface area contributed by atoms with Crippen molar-refractivity contribution in [1.29, 1.82) is 0 Å². The highest BCUT2D eigenvalue weighted by molar-refractivity contribution is 14.0. The highest BCUT2D eigenvalue weighted by Gasteiger charge is 2.33. The molecule has 0 saturated heterocycles. The van der Waals surface area contributed by atoms with E-state index in [-0.39, 0.29) is 24.0 Å². The Morgan fingerprint density at radius 2 is 1.75 bits per heavy atom. The third kappa shape index (κ3) is 9.39. The van der Waals surface area contributed by atoms with Crippen LogP contribution in [0.25, 0.3) is 0 Å². The second-order valence-corrected chi connectivity index (χ2v) is 6.60. The Hall–Kier alpha value is -0.120. The van der Waals surface area contributed by atoms with Crippen molar-refractivity contribution in [1.82, 2.24) is 15.5 Å². The van der Waals surface area contributed by atoms with Gasteiger partial charge in [-0.1, -0.05) is 12.8 Å². The summed E-state index contributed by atoms with van der Waals surface area (Å²) < 4.78 is 10.4. The summed E-state index contributed by atoms with van der Waals surface area (Å²) >= 11 is 0. The van der Waals surface area contributed by atoms with Crippen molar-refractivity contribution in [2.75, 3.05) is 67.7 Å². The average Bonchev–Trinajstić information content (AvgIpc) is 3.03. The topological polar surface area (TPSA) is 58.1 Å². The number of hydrogen-bond donors (Lipinski definition) is 2. The standard InChI is InChI=1S/C17H36N4O2.HI/c1-18-16(19-10-11-21(2)12-14-23-4)20-15-17(9-13-22-3)7-5-6-8-17;/h5-15H2,1-4H3,(H2,18,19,20);1H. The molecule has 1 rings (SSSR count). The molecule has 7 heteroatoms. The maximum atomic E-state index is 5.30. The molecule has 0 aliphatic heterocycles. The summed E-state index contributed by atoms with van der Waals surface area (Å²) in [6.07, 6.45) is 6.39. The molecule has 6 nitrogen and oxygen atoms in total. The number of hydrogen-bond acceptors (Lipinski definition) is 4. The third-order valence-corrected chi connectivity index (χ3v) is 4.82. The highest BCUT2D eigenvalue weighted by Crippen LogP contribution is 2.40. The van der Waals surface area contributed by atoms with Gasteiger partial charge in [-0.2, -0.15) is 0 Å². The van der Waals surface area contributed by atoms with Crippen LogP contribution in [0.15, 0.2) is 4.99 Å². The molecule has 0 spiro atoms. The van der Waals surface area contributed by atoms with E-state index in [0.717, 1.165) is 51.8 Å². The van der Waals surface area contributed by atoms with E-state index in [9.17, 15) is 0 Å². The van der Waals surface area contributed by atoms with E-state index < -0.39 is 0 Å². The molecule has 0 aromatic heterocycles. The Morgan fingerprint density at radius 3 is 2.33 bits per heavy atom. The fourth-order valence-electron chi connectivity index (χ4n) is 3.17. The number of aliphatic imine (C=N–C) groups is 1. The molecular formula is C17H37IN4O2. The molecule has 0 bridgehead atoms. The zero-order valence-corrected chi connectivity index (χ0v) is 18.2. The second-order valence-electron chi connectivity index (χ2n) is 6.60. The minimum absolute atomic E-state index is 0. The lowest BCUT2D eigenvalue weighted by atomic mass is 9.83. The maximum Gasteiger partial charge on any atom is 0.191 e. The molecule has 0 radical (unpaired) electrons. The Labute approximate surface area is 165 Å². The van der Waals surface area contributed by atoms with Crippen molar-refractivity contribution in [3.63, 3.8) is 0 Å². The summed E-state index contributed by atoms with van der Waals surface area (Å²) in [5, 5.41) is 6.92. The normalized spacial score (nSPS) is 17.0. The van der Waals surface area contributed by atoms with E-state index in [1.165, 1.54) is 25.7 Å². The van der Waals surface area contributed by atoms with Crippen LogP contribution in [0.2, 0.25) is 0 Å². The van der Waals surface area contributed by atoms with Gasteiger partial charge >= 0.3 is 0 Å².